The number of ether oxygens (including phenoxy) is 1. The summed E-state index contributed by atoms with van der Waals surface area (Å²) in [7, 11) is 1.63. The fourth-order valence-electron chi connectivity index (χ4n) is 1.11. The highest BCUT2D eigenvalue weighted by Gasteiger charge is 2.10. The smallest absolute Gasteiger partial charge is 0.137 e. The molecule has 0 aliphatic carbocycles. The van der Waals surface area contributed by atoms with Crippen molar-refractivity contribution in [1.82, 2.24) is 4.98 Å². The first kappa shape index (κ1) is 9.99. The minimum absolute atomic E-state index is 0.0302. The lowest BCUT2D eigenvalue weighted by Gasteiger charge is -2.15. The third-order valence-corrected chi connectivity index (χ3v) is 2.07. The van der Waals surface area contributed by atoms with E-state index in [1.165, 1.54) is 0 Å². The summed E-state index contributed by atoms with van der Waals surface area (Å²) in [6.07, 6.45) is 3.46. The molecule has 1 aromatic heterocycles. The molecule has 1 aromatic rings. The number of methoxy groups -OCH3 is 1. The van der Waals surface area contributed by atoms with Crippen molar-refractivity contribution in [1.29, 1.82) is 0 Å². The van der Waals surface area contributed by atoms with E-state index in [0.717, 1.165) is 11.3 Å². The second kappa shape index (κ2) is 4.23. The van der Waals surface area contributed by atoms with Crippen LogP contribution in [0.15, 0.2) is 18.5 Å². The maximum Gasteiger partial charge on any atom is 0.137 e. The van der Waals surface area contributed by atoms with Gasteiger partial charge < -0.3 is 10.5 Å². The van der Waals surface area contributed by atoms with E-state index in [-0.39, 0.29) is 6.04 Å². The molecule has 1 atom stereocenters. The lowest BCUT2D eigenvalue weighted by atomic mass is 9.99. The Bertz CT molecular complexity index is 273. The molecule has 0 fully saturated rings. The molecule has 0 aliphatic rings. The largest absolute Gasteiger partial charge is 0.495 e. The maximum absolute atomic E-state index is 5.97. The molecule has 0 radical (unpaired) electrons. The summed E-state index contributed by atoms with van der Waals surface area (Å²) >= 11 is 0. The van der Waals surface area contributed by atoms with Gasteiger partial charge in [-0.3, -0.25) is 4.98 Å². The number of nitrogens with zero attached hydrogens (tertiary/aromatic N) is 1. The summed E-state index contributed by atoms with van der Waals surface area (Å²) in [6, 6.07) is 1.96. The molecule has 0 saturated carbocycles. The van der Waals surface area contributed by atoms with Gasteiger partial charge in [0.1, 0.15) is 5.75 Å². The van der Waals surface area contributed by atoms with Gasteiger partial charge in [-0.2, -0.15) is 0 Å². The summed E-state index contributed by atoms with van der Waals surface area (Å²) < 4.78 is 5.07. The van der Waals surface area contributed by atoms with Gasteiger partial charge in [-0.15, -0.1) is 0 Å². The van der Waals surface area contributed by atoms with Crippen LogP contribution in [0.2, 0.25) is 0 Å². The quantitative estimate of drug-likeness (QED) is 0.770. The number of hydrogen-bond donors (Lipinski definition) is 1. The fourth-order valence-corrected chi connectivity index (χ4v) is 1.11. The molecular weight excluding hydrogens is 164 g/mol. The van der Waals surface area contributed by atoms with E-state index in [0.29, 0.717) is 5.92 Å². The normalized spacial score (nSPS) is 13.0. The van der Waals surface area contributed by atoms with Gasteiger partial charge in [0.15, 0.2) is 0 Å². The second-order valence-corrected chi connectivity index (χ2v) is 3.43. The molecule has 0 spiro atoms. The highest BCUT2D eigenvalue weighted by Crippen LogP contribution is 2.21. The lowest BCUT2D eigenvalue weighted by molar-refractivity contribution is 0.410. The van der Waals surface area contributed by atoms with Crippen molar-refractivity contribution in [2.45, 2.75) is 19.9 Å². The Morgan fingerprint density at radius 1 is 1.38 bits per heavy atom. The zero-order chi connectivity index (χ0) is 9.84. The minimum atomic E-state index is 0.0302. The first-order valence-electron chi connectivity index (χ1n) is 4.39. The third-order valence-electron chi connectivity index (χ3n) is 2.07. The molecule has 0 saturated heterocycles. The standard InChI is InChI=1S/C10H16N2O/c1-7(2)10(11)8-4-9(13-3)6-12-5-8/h4-7,10H,11H2,1-3H3. The van der Waals surface area contributed by atoms with Crippen LogP contribution in [-0.4, -0.2) is 12.1 Å². The van der Waals surface area contributed by atoms with E-state index in [1.54, 1.807) is 19.5 Å². The Morgan fingerprint density at radius 2 is 2.08 bits per heavy atom. The Hall–Kier alpha value is -1.09. The van der Waals surface area contributed by atoms with Crippen molar-refractivity contribution in [3.05, 3.63) is 24.0 Å². The molecule has 0 aliphatic heterocycles. The van der Waals surface area contributed by atoms with Crippen LogP contribution in [-0.2, 0) is 0 Å². The van der Waals surface area contributed by atoms with Crippen LogP contribution in [0.25, 0.3) is 0 Å². The monoisotopic (exact) mass is 180 g/mol. The summed E-state index contributed by atoms with van der Waals surface area (Å²) in [5.41, 5.74) is 6.99. The van der Waals surface area contributed by atoms with E-state index < -0.39 is 0 Å². The number of pyridine rings is 1. The fraction of sp³-hybridized carbons (Fsp3) is 0.500. The molecule has 0 aromatic carbocycles. The van der Waals surface area contributed by atoms with Gasteiger partial charge in [0.2, 0.25) is 0 Å². The predicted molar refractivity (Wildman–Crippen MR) is 52.6 cm³/mol. The SMILES string of the molecule is COc1cncc(C(N)C(C)C)c1. The second-order valence-electron chi connectivity index (χ2n) is 3.43. The maximum atomic E-state index is 5.97. The Labute approximate surface area is 78.9 Å². The first-order valence-corrected chi connectivity index (χ1v) is 4.39. The van der Waals surface area contributed by atoms with Crippen molar-refractivity contribution in [2.75, 3.05) is 7.11 Å². The van der Waals surface area contributed by atoms with Crippen LogP contribution in [0.3, 0.4) is 0 Å². The Balaban J connectivity index is 2.88. The van der Waals surface area contributed by atoms with Gasteiger partial charge in [-0.1, -0.05) is 13.8 Å². The summed E-state index contributed by atoms with van der Waals surface area (Å²) in [6.45, 7) is 4.17. The van der Waals surface area contributed by atoms with Crippen molar-refractivity contribution in [3.8, 4) is 5.75 Å². The average molecular weight is 180 g/mol. The zero-order valence-electron chi connectivity index (χ0n) is 8.32. The average Bonchev–Trinajstić information content (AvgIpc) is 2.16. The molecule has 0 amide bonds. The van der Waals surface area contributed by atoms with Crippen LogP contribution in [0.5, 0.6) is 5.75 Å². The van der Waals surface area contributed by atoms with Crippen LogP contribution >= 0.6 is 0 Å². The first-order chi connectivity index (χ1) is 6.15. The molecule has 72 valence electrons. The lowest BCUT2D eigenvalue weighted by Crippen LogP contribution is -2.16. The van der Waals surface area contributed by atoms with Gasteiger partial charge in [0, 0.05) is 12.2 Å². The predicted octanol–water partition coefficient (Wildman–Crippen LogP) is 1.75. The van der Waals surface area contributed by atoms with Crippen LogP contribution in [0.1, 0.15) is 25.5 Å². The van der Waals surface area contributed by atoms with E-state index in [2.05, 4.69) is 18.8 Å². The molecule has 1 heterocycles. The van der Waals surface area contributed by atoms with Crippen LogP contribution in [0, 0.1) is 5.92 Å². The number of nitrogens with two attached hydrogens (primary N) is 1. The van der Waals surface area contributed by atoms with Crippen molar-refractivity contribution in [3.63, 3.8) is 0 Å². The number of hydrogen-bond acceptors (Lipinski definition) is 3. The number of aromatic nitrogens is 1. The van der Waals surface area contributed by atoms with Gasteiger partial charge in [0.05, 0.1) is 13.3 Å². The minimum Gasteiger partial charge on any atom is -0.495 e. The van der Waals surface area contributed by atoms with Gasteiger partial charge in [-0.05, 0) is 17.5 Å². The van der Waals surface area contributed by atoms with Crippen molar-refractivity contribution in [2.24, 2.45) is 11.7 Å². The molecule has 13 heavy (non-hydrogen) atoms. The van der Waals surface area contributed by atoms with E-state index in [4.69, 9.17) is 10.5 Å². The Kier molecular flexibility index (Phi) is 3.25. The van der Waals surface area contributed by atoms with Crippen molar-refractivity contribution < 1.29 is 4.74 Å². The molecule has 1 unspecified atom stereocenters. The highest BCUT2D eigenvalue weighted by molar-refractivity contribution is 5.25. The molecule has 1 rings (SSSR count). The van der Waals surface area contributed by atoms with E-state index >= 15 is 0 Å². The molecule has 0 bridgehead atoms. The summed E-state index contributed by atoms with van der Waals surface area (Å²) in [4.78, 5) is 4.05. The van der Waals surface area contributed by atoms with Crippen LogP contribution < -0.4 is 10.5 Å². The van der Waals surface area contributed by atoms with Gasteiger partial charge in [0.25, 0.3) is 0 Å². The third kappa shape index (κ3) is 2.42. The summed E-state index contributed by atoms with van der Waals surface area (Å²) in [5, 5.41) is 0. The topological polar surface area (TPSA) is 48.1 Å². The van der Waals surface area contributed by atoms with Crippen LogP contribution in [0.4, 0.5) is 0 Å². The van der Waals surface area contributed by atoms with Gasteiger partial charge in [-0.25, -0.2) is 0 Å². The van der Waals surface area contributed by atoms with Crippen molar-refractivity contribution >= 4 is 0 Å². The molecule has 3 heteroatoms. The summed E-state index contributed by atoms with van der Waals surface area (Å²) in [5.74, 6) is 1.17. The molecule has 2 N–H and O–H groups in total. The molecular formula is C10H16N2O. The molecule has 3 nitrogen and oxygen atoms in total. The number of rotatable bonds is 3. The van der Waals surface area contributed by atoms with E-state index in [1.807, 2.05) is 6.07 Å². The highest BCUT2D eigenvalue weighted by atomic mass is 16.5. The Morgan fingerprint density at radius 3 is 2.62 bits per heavy atom. The van der Waals surface area contributed by atoms with Gasteiger partial charge >= 0.3 is 0 Å². The van der Waals surface area contributed by atoms with E-state index in [9.17, 15) is 0 Å². The zero-order valence-corrected chi connectivity index (χ0v) is 8.32.